The van der Waals surface area contributed by atoms with Gasteiger partial charge >= 0.3 is 5.97 Å². The second-order valence-corrected chi connectivity index (χ2v) is 4.64. The first-order valence-electron chi connectivity index (χ1n) is 6.20. The molecule has 0 aliphatic heterocycles. The Kier molecular flexibility index (Phi) is 5.51. The van der Waals surface area contributed by atoms with Gasteiger partial charge in [-0.25, -0.2) is 0 Å². The van der Waals surface area contributed by atoms with E-state index in [2.05, 4.69) is 10.6 Å². The highest BCUT2D eigenvalue weighted by atomic mass is 16.4. The minimum Gasteiger partial charge on any atom is -0.480 e. The minimum absolute atomic E-state index is 0.122. The van der Waals surface area contributed by atoms with Crippen molar-refractivity contribution in [2.24, 2.45) is 0 Å². The summed E-state index contributed by atoms with van der Waals surface area (Å²) in [5, 5.41) is 15.0. The maximum atomic E-state index is 11.3. The molecule has 1 amide bonds. The third-order valence-corrected chi connectivity index (χ3v) is 2.82. The highest BCUT2D eigenvalue weighted by Gasteiger charge is 2.21. The largest absolute Gasteiger partial charge is 0.480 e. The van der Waals surface area contributed by atoms with Crippen LogP contribution in [0, 0.1) is 6.92 Å². The van der Waals surface area contributed by atoms with Crippen LogP contribution in [0.15, 0.2) is 24.3 Å². The van der Waals surface area contributed by atoms with Gasteiger partial charge in [-0.05, 0) is 25.0 Å². The van der Waals surface area contributed by atoms with Crippen LogP contribution in [0.3, 0.4) is 0 Å². The number of amides is 1. The number of benzene rings is 1. The fourth-order valence-corrected chi connectivity index (χ4v) is 1.93. The molecule has 1 aromatic carbocycles. The first-order valence-corrected chi connectivity index (χ1v) is 6.20. The Morgan fingerprint density at radius 3 is 2.47 bits per heavy atom. The van der Waals surface area contributed by atoms with Crippen LogP contribution in [0.1, 0.15) is 31.0 Å². The molecule has 1 rings (SSSR count). The molecule has 0 aliphatic rings. The number of carboxylic acid groups (broad SMARTS) is 1. The molecule has 3 N–H and O–H groups in total. The van der Waals surface area contributed by atoms with E-state index in [9.17, 15) is 14.7 Å². The number of hydrogen-bond donors (Lipinski definition) is 3. The Morgan fingerprint density at radius 2 is 1.95 bits per heavy atom. The van der Waals surface area contributed by atoms with Gasteiger partial charge in [0.25, 0.3) is 0 Å². The lowest BCUT2D eigenvalue weighted by molar-refractivity contribution is -0.139. The second-order valence-electron chi connectivity index (χ2n) is 4.64. The molecule has 0 radical (unpaired) electrons. The predicted molar refractivity (Wildman–Crippen MR) is 72.8 cm³/mol. The highest BCUT2D eigenvalue weighted by molar-refractivity contribution is 5.76. The number of aliphatic carboxylic acids is 1. The molecule has 104 valence electrons. The van der Waals surface area contributed by atoms with Gasteiger partial charge in [0.1, 0.15) is 6.04 Å². The lowest BCUT2D eigenvalue weighted by Gasteiger charge is -2.20. The normalized spacial score (nSPS) is 13.6. The topological polar surface area (TPSA) is 78.4 Å². The van der Waals surface area contributed by atoms with Gasteiger partial charge in [-0.1, -0.05) is 24.3 Å². The van der Waals surface area contributed by atoms with Crippen LogP contribution in [-0.4, -0.2) is 29.6 Å². The molecule has 0 aliphatic carbocycles. The molecule has 19 heavy (non-hydrogen) atoms. The summed E-state index contributed by atoms with van der Waals surface area (Å²) in [4.78, 5) is 22.2. The number of hydrogen-bond acceptors (Lipinski definition) is 3. The van der Waals surface area contributed by atoms with Crippen molar-refractivity contribution in [3.8, 4) is 0 Å². The SMILES string of the molecule is CC(=O)NC(C)CNC(C(=O)O)c1ccccc1C. The summed E-state index contributed by atoms with van der Waals surface area (Å²) in [5.41, 5.74) is 1.67. The maximum absolute atomic E-state index is 11.3. The van der Waals surface area contributed by atoms with Crippen LogP contribution < -0.4 is 10.6 Å². The average Bonchev–Trinajstić information content (AvgIpc) is 2.30. The summed E-state index contributed by atoms with van der Waals surface area (Å²) in [5.74, 6) is -1.05. The zero-order valence-corrected chi connectivity index (χ0v) is 11.4. The van der Waals surface area contributed by atoms with Gasteiger partial charge < -0.3 is 10.4 Å². The highest BCUT2D eigenvalue weighted by Crippen LogP contribution is 2.17. The summed E-state index contributed by atoms with van der Waals surface area (Å²) in [6, 6.07) is 6.48. The number of aryl methyl sites for hydroxylation is 1. The van der Waals surface area contributed by atoms with Crippen LogP contribution in [0.25, 0.3) is 0 Å². The molecule has 0 bridgehead atoms. The molecular weight excluding hydrogens is 244 g/mol. The Balaban J connectivity index is 2.72. The predicted octanol–water partition coefficient (Wildman–Crippen LogP) is 1.23. The van der Waals surface area contributed by atoms with Gasteiger partial charge in [-0.15, -0.1) is 0 Å². The fraction of sp³-hybridized carbons (Fsp3) is 0.429. The van der Waals surface area contributed by atoms with E-state index in [1.165, 1.54) is 6.92 Å². The maximum Gasteiger partial charge on any atom is 0.325 e. The molecule has 0 aromatic heterocycles. The van der Waals surface area contributed by atoms with Gasteiger partial charge in [0.2, 0.25) is 5.91 Å². The first-order chi connectivity index (χ1) is 8.91. The quantitative estimate of drug-likeness (QED) is 0.722. The van der Waals surface area contributed by atoms with Gasteiger partial charge in [-0.3, -0.25) is 14.9 Å². The lowest BCUT2D eigenvalue weighted by atomic mass is 10.0. The smallest absolute Gasteiger partial charge is 0.325 e. The van der Waals surface area contributed by atoms with Crippen molar-refractivity contribution in [3.05, 3.63) is 35.4 Å². The van der Waals surface area contributed by atoms with E-state index in [-0.39, 0.29) is 11.9 Å². The summed E-state index contributed by atoms with van der Waals surface area (Å²) in [6.07, 6.45) is 0. The monoisotopic (exact) mass is 264 g/mol. The first kappa shape index (κ1) is 15.2. The molecular formula is C14H20N2O3. The van der Waals surface area contributed by atoms with E-state index >= 15 is 0 Å². The van der Waals surface area contributed by atoms with Crippen LogP contribution >= 0.6 is 0 Å². The summed E-state index contributed by atoms with van der Waals surface area (Å²) in [7, 11) is 0. The molecule has 0 spiro atoms. The number of carbonyl (C=O) groups excluding carboxylic acids is 1. The van der Waals surface area contributed by atoms with E-state index < -0.39 is 12.0 Å². The lowest BCUT2D eigenvalue weighted by Crippen LogP contribution is -2.41. The third kappa shape index (κ3) is 4.71. The van der Waals surface area contributed by atoms with E-state index in [4.69, 9.17) is 0 Å². The molecule has 1 aromatic rings. The van der Waals surface area contributed by atoms with E-state index in [1.807, 2.05) is 32.0 Å². The van der Waals surface area contributed by atoms with E-state index in [0.717, 1.165) is 11.1 Å². The van der Waals surface area contributed by atoms with Crippen LogP contribution in [0.4, 0.5) is 0 Å². The fourth-order valence-electron chi connectivity index (χ4n) is 1.93. The Labute approximate surface area is 113 Å². The van der Waals surface area contributed by atoms with Crippen LogP contribution in [0.2, 0.25) is 0 Å². The molecule has 0 saturated carbocycles. The zero-order valence-electron chi connectivity index (χ0n) is 11.4. The van der Waals surface area contributed by atoms with E-state index in [1.54, 1.807) is 6.07 Å². The van der Waals surface area contributed by atoms with Gasteiger partial charge in [0.15, 0.2) is 0 Å². The van der Waals surface area contributed by atoms with Crippen molar-refractivity contribution in [3.63, 3.8) is 0 Å². The Morgan fingerprint density at radius 1 is 1.32 bits per heavy atom. The van der Waals surface area contributed by atoms with Crippen molar-refractivity contribution >= 4 is 11.9 Å². The number of rotatable bonds is 6. The Hall–Kier alpha value is -1.88. The van der Waals surface area contributed by atoms with E-state index in [0.29, 0.717) is 6.54 Å². The van der Waals surface area contributed by atoms with Crippen molar-refractivity contribution in [2.45, 2.75) is 32.9 Å². The number of carboxylic acids is 1. The van der Waals surface area contributed by atoms with Crippen molar-refractivity contribution in [1.82, 2.24) is 10.6 Å². The molecule has 0 heterocycles. The molecule has 5 heteroatoms. The molecule has 2 atom stereocenters. The number of nitrogens with one attached hydrogen (secondary N) is 2. The van der Waals surface area contributed by atoms with Crippen molar-refractivity contribution in [1.29, 1.82) is 0 Å². The number of carbonyl (C=O) groups is 2. The van der Waals surface area contributed by atoms with Crippen molar-refractivity contribution in [2.75, 3.05) is 6.54 Å². The summed E-state index contributed by atoms with van der Waals surface area (Å²) >= 11 is 0. The summed E-state index contributed by atoms with van der Waals surface area (Å²) < 4.78 is 0. The minimum atomic E-state index is -0.927. The Bertz CT molecular complexity index is 460. The average molecular weight is 264 g/mol. The molecule has 0 saturated heterocycles. The second kappa shape index (κ2) is 6.89. The van der Waals surface area contributed by atoms with Crippen LogP contribution in [0.5, 0.6) is 0 Å². The van der Waals surface area contributed by atoms with Gasteiger partial charge in [0.05, 0.1) is 0 Å². The molecule has 0 fully saturated rings. The van der Waals surface area contributed by atoms with Gasteiger partial charge in [-0.2, -0.15) is 0 Å². The van der Waals surface area contributed by atoms with Crippen molar-refractivity contribution < 1.29 is 14.7 Å². The van der Waals surface area contributed by atoms with Gasteiger partial charge in [0, 0.05) is 19.5 Å². The summed E-state index contributed by atoms with van der Waals surface area (Å²) in [6.45, 7) is 5.53. The third-order valence-electron chi connectivity index (χ3n) is 2.82. The van der Waals surface area contributed by atoms with Crippen LogP contribution in [-0.2, 0) is 9.59 Å². The standard InChI is InChI=1S/C14H20N2O3/c1-9-6-4-5-7-12(9)13(14(18)19)15-8-10(2)16-11(3)17/h4-7,10,13,15H,8H2,1-3H3,(H,16,17)(H,18,19). The molecule has 5 nitrogen and oxygen atoms in total. The zero-order chi connectivity index (χ0) is 14.4. The molecule has 2 unspecified atom stereocenters.